The number of carbonyl (C=O) groups excluding carboxylic acids is 2. The number of halogens is 3. The predicted octanol–water partition coefficient (Wildman–Crippen LogP) is 6.33. The number of hydrogen-bond acceptors (Lipinski definition) is 5. The van der Waals surface area contributed by atoms with E-state index in [1.165, 1.54) is 30.7 Å². The Morgan fingerprint density at radius 3 is 2.54 bits per heavy atom. The molecule has 1 amide bonds. The van der Waals surface area contributed by atoms with Crippen LogP contribution in [0.1, 0.15) is 67.9 Å². The summed E-state index contributed by atoms with van der Waals surface area (Å²) in [5, 5.41) is 14.6. The smallest absolute Gasteiger partial charge is 0.416 e. The van der Waals surface area contributed by atoms with Crippen LogP contribution in [-0.2, 0) is 34.0 Å². The maximum absolute atomic E-state index is 13.3. The Balaban J connectivity index is 1.24. The van der Waals surface area contributed by atoms with Gasteiger partial charge in [-0.15, -0.1) is 0 Å². The number of piperidine rings is 1. The Morgan fingerprint density at radius 2 is 1.86 bits per heavy atom. The zero-order chi connectivity index (χ0) is 35.4. The molecule has 3 aromatic carbocycles. The molecule has 3 aromatic rings. The van der Waals surface area contributed by atoms with Gasteiger partial charge in [0.15, 0.2) is 11.5 Å². The minimum Gasteiger partial charge on any atom is -0.508 e. The summed E-state index contributed by atoms with van der Waals surface area (Å²) in [6, 6.07) is 16.2. The fourth-order valence-electron chi connectivity index (χ4n) is 9.72. The van der Waals surface area contributed by atoms with Crippen molar-refractivity contribution >= 4 is 11.9 Å². The Labute approximate surface area is 290 Å². The number of nitrogens with one attached hydrogen (secondary N) is 1. The molecule has 50 heavy (non-hydrogen) atoms. The highest BCUT2D eigenvalue weighted by Crippen LogP contribution is 2.66. The number of hydrogen-bond donors (Lipinski definition) is 2. The lowest BCUT2D eigenvalue weighted by molar-refractivity contribution is -0.964. The third-order valence-electron chi connectivity index (χ3n) is 11.4. The molecule has 4 aliphatic rings. The van der Waals surface area contributed by atoms with E-state index in [0.29, 0.717) is 30.1 Å². The number of quaternary nitrogens is 1. The first-order valence-corrected chi connectivity index (χ1v) is 17.4. The second-order valence-corrected chi connectivity index (χ2v) is 14.8. The summed E-state index contributed by atoms with van der Waals surface area (Å²) < 4.78 is 52.4. The van der Waals surface area contributed by atoms with Crippen LogP contribution in [0, 0.1) is 23.7 Å². The van der Waals surface area contributed by atoms with Gasteiger partial charge in [-0.25, -0.2) is 0 Å². The molecular formula is C40H42F3N2O5+. The molecule has 7 rings (SSSR count). The van der Waals surface area contributed by atoms with Crippen LogP contribution in [0.15, 0.2) is 60.7 Å². The lowest BCUT2D eigenvalue weighted by Gasteiger charge is -2.63. The summed E-state index contributed by atoms with van der Waals surface area (Å²) >= 11 is 0. The first-order chi connectivity index (χ1) is 23.8. The number of amides is 1. The molecule has 0 aromatic heterocycles. The number of benzene rings is 3. The maximum Gasteiger partial charge on any atom is 0.416 e. The van der Waals surface area contributed by atoms with Gasteiger partial charge in [0.2, 0.25) is 0 Å². The SMILES string of the molecule is CC(=O)Oc1cc(O)c2c3c1O[C@H]1[C@@H](NC(=O)C#Cc4ccc(C(F)(F)F)cc4)CC[C@H]4[C@@H](C2)[N+](CCc2ccccc2)(CC(C)C)CC[C@@]341. The molecule has 7 nitrogen and oxygen atoms in total. The van der Waals surface area contributed by atoms with Gasteiger partial charge < -0.3 is 24.4 Å². The molecule has 2 bridgehead atoms. The molecule has 2 aliphatic carbocycles. The molecule has 10 heteroatoms. The first-order valence-electron chi connectivity index (χ1n) is 17.4. The second-order valence-electron chi connectivity index (χ2n) is 14.8. The van der Waals surface area contributed by atoms with Crippen LogP contribution in [0.25, 0.3) is 0 Å². The van der Waals surface area contributed by atoms with Crippen molar-refractivity contribution in [2.45, 2.75) is 82.7 Å². The van der Waals surface area contributed by atoms with Gasteiger partial charge in [-0.3, -0.25) is 9.59 Å². The van der Waals surface area contributed by atoms with Crippen molar-refractivity contribution in [2.24, 2.45) is 11.8 Å². The zero-order valence-corrected chi connectivity index (χ0v) is 28.5. The largest absolute Gasteiger partial charge is 0.508 e. The second kappa shape index (κ2) is 12.7. The van der Waals surface area contributed by atoms with Gasteiger partial charge in [0.05, 0.1) is 42.7 Å². The lowest BCUT2D eigenvalue weighted by atomic mass is 9.50. The summed E-state index contributed by atoms with van der Waals surface area (Å²) in [6.07, 6.45) is -1.10. The van der Waals surface area contributed by atoms with Crippen LogP contribution in [0.2, 0.25) is 0 Å². The molecule has 0 radical (unpaired) electrons. The molecular weight excluding hydrogens is 645 g/mol. The highest BCUT2D eigenvalue weighted by Gasteiger charge is 2.70. The number of aromatic hydroxyl groups is 1. The number of likely N-dealkylation sites (tertiary alicyclic amines) is 1. The average Bonchev–Trinajstić information content (AvgIpc) is 3.42. The van der Waals surface area contributed by atoms with Crippen LogP contribution in [0.4, 0.5) is 13.2 Å². The fraction of sp³-hybridized carbons (Fsp3) is 0.450. The van der Waals surface area contributed by atoms with Gasteiger partial charge in [0, 0.05) is 66.7 Å². The third-order valence-corrected chi connectivity index (χ3v) is 11.4. The molecule has 1 saturated carbocycles. The molecule has 262 valence electrons. The number of rotatable bonds is 7. The molecule has 2 aliphatic heterocycles. The summed E-state index contributed by atoms with van der Waals surface area (Å²) in [4.78, 5) is 25.5. The Hall–Kier alpha value is -4.49. The van der Waals surface area contributed by atoms with E-state index in [1.54, 1.807) is 0 Å². The summed E-state index contributed by atoms with van der Waals surface area (Å²) in [7, 11) is 0. The number of carbonyl (C=O) groups is 2. The Bertz CT molecular complexity index is 1870. The van der Waals surface area contributed by atoms with Gasteiger partial charge in [0.1, 0.15) is 11.9 Å². The minimum absolute atomic E-state index is 0.0910. The van der Waals surface area contributed by atoms with Crippen molar-refractivity contribution in [2.75, 3.05) is 19.6 Å². The van der Waals surface area contributed by atoms with E-state index in [1.807, 2.05) is 6.07 Å². The van der Waals surface area contributed by atoms with Crippen molar-refractivity contribution in [3.8, 4) is 29.1 Å². The predicted molar refractivity (Wildman–Crippen MR) is 180 cm³/mol. The number of alkyl halides is 3. The van der Waals surface area contributed by atoms with Gasteiger partial charge in [-0.2, -0.15) is 13.2 Å². The number of nitrogens with zero attached hydrogens (tertiary/aromatic N) is 1. The maximum atomic E-state index is 13.3. The van der Waals surface area contributed by atoms with Crippen molar-refractivity contribution in [1.29, 1.82) is 0 Å². The van der Waals surface area contributed by atoms with Crippen LogP contribution < -0.4 is 14.8 Å². The van der Waals surface area contributed by atoms with E-state index in [-0.39, 0.29) is 23.5 Å². The van der Waals surface area contributed by atoms with Crippen molar-refractivity contribution in [3.05, 3.63) is 88.5 Å². The molecule has 2 fully saturated rings. The molecule has 1 unspecified atom stereocenters. The van der Waals surface area contributed by atoms with E-state index < -0.39 is 41.2 Å². The number of esters is 1. The van der Waals surface area contributed by atoms with Crippen LogP contribution in [0.5, 0.6) is 17.2 Å². The van der Waals surface area contributed by atoms with Gasteiger partial charge in [-0.1, -0.05) is 50.1 Å². The Kier molecular flexibility index (Phi) is 8.62. The van der Waals surface area contributed by atoms with E-state index in [2.05, 4.69) is 55.3 Å². The number of ether oxygens (including phenoxy) is 2. The highest BCUT2D eigenvalue weighted by molar-refractivity contribution is 5.94. The average molecular weight is 688 g/mol. The molecule has 6 atom stereocenters. The highest BCUT2D eigenvalue weighted by atomic mass is 19.4. The van der Waals surface area contributed by atoms with E-state index in [4.69, 9.17) is 9.47 Å². The molecule has 2 heterocycles. The summed E-state index contributed by atoms with van der Waals surface area (Å²) in [5.74, 6) is 5.56. The third kappa shape index (κ3) is 5.89. The normalized spacial score (nSPS) is 27.4. The Morgan fingerprint density at radius 1 is 1.12 bits per heavy atom. The van der Waals surface area contributed by atoms with Gasteiger partial charge in [-0.05, 0) is 42.7 Å². The molecule has 2 N–H and O–H groups in total. The number of phenolic OH excluding ortho intramolecular Hbond substituents is 1. The van der Waals surface area contributed by atoms with Crippen LogP contribution in [0.3, 0.4) is 0 Å². The van der Waals surface area contributed by atoms with Crippen molar-refractivity contribution in [3.63, 3.8) is 0 Å². The summed E-state index contributed by atoms with van der Waals surface area (Å²) in [5.41, 5.74) is 2.02. The first kappa shape index (κ1) is 34.0. The minimum atomic E-state index is -4.46. The van der Waals surface area contributed by atoms with Crippen LogP contribution >= 0.6 is 0 Å². The zero-order valence-electron chi connectivity index (χ0n) is 28.5. The van der Waals surface area contributed by atoms with E-state index >= 15 is 0 Å². The van der Waals surface area contributed by atoms with E-state index in [0.717, 1.165) is 66.6 Å². The molecule has 1 spiro atoms. The standard InChI is InChI=1S/C40H41F3N2O5/c1-24(2)23-45(19-17-26-7-5-4-6-8-26)20-18-39-30-14-15-31(44-35(48)16-11-27-9-12-28(13-10-27)40(41,42)43)38(39)50-37-34(49-25(3)46)22-33(47)29(36(37)39)21-32(30)45/h4-10,12-13,22,24,30-32,38H,14-15,17-21,23H2,1-3H3,(H-,44,47,48)/p+1/t30-,31-,32+,38-,39-,45?/m0/s1. The molecule has 1 saturated heterocycles. The fourth-order valence-corrected chi connectivity index (χ4v) is 9.72. The van der Waals surface area contributed by atoms with E-state index in [9.17, 15) is 27.9 Å². The van der Waals surface area contributed by atoms with Crippen LogP contribution in [-0.4, -0.2) is 59.3 Å². The van der Waals surface area contributed by atoms with Crippen molar-refractivity contribution in [1.82, 2.24) is 5.32 Å². The van der Waals surface area contributed by atoms with Gasteiger partial charge >= 0.3 is 12.1 Å². The number of phenols is 1. The van der Waals surface area contributed by atoms with Gasteiger partial charge in [0.25, 0.3) is 5.91 Å². The lowest BCUT2D eigenvalue weighted by Crippen LogP contribution is -2.75. The summed E-state index contributed by atoms with van der Waals surface area (Å²) in [6.45, 7) is 8.72. The quantitative estimate of drug-likeness (QED) is 0.131. The van der Waals surface area contributed by atoms with Crippen molar-refractivity contribution < 1.29 is 41.8 Å². The topological polar surface area (TPSA) is 84.9 Å². The monoisotopic (exact) mass is 687 g/mol.